The first-order valence-corrected chi connectivity index (χ1v) is 21.0. The normalized spacial score (nSPS) is 44.3. The molecule has 13 nitrogen and oxygen atoms in total. The van der Waals surface area contributed by atoms with Gasteiger partial charge in [-0.2, -0.15) is 0 Å². The lowest BCUT2D eigenvalue weighted by Gasteiger charge is -2.71. The molecule has 0 bridgehead atoms. The van der Waals surface area contributed by atoms with Crippen molar-refractivity contribution in [1.29, 1.82) is 0 Å². The van der Waals surface area contributed by atoms with Gasteiger partial charge in [0.2, 0.25) is 5.91 Å². The number of ether oxygens (including phenoxy) is 5. The van der Waals surface area contributed by atoms with E-state index < -0.39 is 84.0 Å². The minimum atomic E-state index is -1.46. The molecule has 1 amide bonds. The second-order valence-corrected chi connectivity index (χ2v) is 20.4. The largest absolute Gasteiger partial charge is 0.463 e. The fourth-order valence-electron chi connectivity index (χ4n) is 13.4. The number of hydrogen-bond acceptors (Lipinski definition) is 12. The van der Waals surface area contributed by atoms with Gasteiger partial charge in [0, 0.05) is 27.7 Å². The minimum Gasteiger partial charge on any atom is -0.463 e. The van der Waals surface area contributed by atoms with Crippen LogP contribution in [0.5, 0.6) is 0 Å². The average Bonchev–Trinajstić information content (AvgIpc) is 3.08. The molecule has 1 saturated heterocycles. The van der Waals surface area contributed by atoms with E-state index in [1.807, 2.05) is 0 Å². The van der Waals surface area contributed by atoms with Gasteiger partial charge in [-0.05, 0) is 103 Å². The summed E-state index contributed by atoms with van der Waals surface area (Å²) in [6.45, 7) is 20.3. The van der Waals surface area contributed by atoms with Gasteiger partial charge in [0.15, 0.2) is 24.5 Å². The molecule has 0 spiro atoms. The molecule has 3 N–H and O–H groups in total. The Hall–Kier alpha value is -3.03. The molecule has 1 aliphatic heterocycles. The fourth-order valence-corrected chi connectivity index (χ4v) is 13.4. The fraction of sp³-hybridized carbons (Fsp3) is 0.841. The van der Waals surface area contributed by atoms with E-state index in [9.17, 15) is 29.4 Å². The lowest BCUT2D eigenvalue weighted by atomic mass is 9.33. The summed E-state index contributed by atoms with van der Waals surface area (Å²) < 4.78 is 28.4. The van der Waals surface area contributed by atoms with Crippen LogP contribution in [0.25, 0.3) is 0 Å². The highest BCUT2D eigenvalue weighted by molar-refractivity contribution is 5.85. The van der Waals surface area contributed by atoms with Crippen LogP contribution in [0.4, 0.5) is 0 Å². The molecule has 320 valence electrons. The number of allylic oxidation sites excluding steroid dienone is 2. The highest BCUT2D eigenvalue weighted by atomic mass is 16.7. The van der Waals surface area contributed by atoms with Gasteiger partial charge in [0.05, 0.1) is 17.6 Å². The zero-order chi connectivity index (χ0) is 42.3. The Labute approximate surface area is 337 Å². The maximum atomic E-state index is 15.3. The molecule has 5 aliphatic carbocycles. The first-order chi connectivity index (χ1) is 26.3. The van der Waals surface area contributed by atoms with Crippen molar-refractivity contribution in [3.8, 4) is 0 Å². The molecule has 6 unspecified atom stereocenters. The van der Waals surface area contributed by atoms with Gasteiger partial charge in [-0.25, -0.2) is 0 Å². The number of aliphatic hydroxyl groups is 2. The standard InChI is InChI=1S/C44H67NO12/c1-23(46)53-22-29-34(54-24(2)47)35(55-25(3)48)36(56-26(4)49)37(57-29)45-38(52)44-19-18-39(5,6)20-28(44)27-12-13-31-41(9)16-15-32(50)40(7,8)30(41)14-17-42(31,10)43(27,11)21-33(44)51/h12,28-37,50-51H,13-22H2,1-11H3,(H,45,52)/t28?,29?,30?,31?,32-,33+,34+,35?,36?,37-,41-,42+,43+,44+/m0/s1. The SMILES string of the molecule is CC(=O)OCC1O[C@H](NC(=O)[C@]23CCC(C)(C)CC2C2=CCC4[C@@]5(C)CC[C@H](O)C(C)(C)C5CC[C@@]4(C)[C@]2(C)C[C@H]3O)C(OC(C)=O)C(OC(C)=O)[C@@H]1OC(C)=O. The predicted molar refractivity (Wildman–Crippen MR) is 207 cm³/mol. The molecule has 0 aromatic heterocycles. The Kier molecular flexibility index (Phi) is 11.4. The quantitative estimate of drug-likeness (QED) is 0.171. The summed E-state index contributed by atoms with van der Waals surface area (Å²) in [5.74, 6) is -3.05. The molecule has 6 aliphatic rings. The zero-order valence-electron chi connectivity index (χ0n) is 35.9. The molecular weight excluding hydrogens is 734 g/mol. The van der Waals surface area contributed by atoms with Crippen LogP contribution in [0.15, 0.2) is 11.6 Å². The molecule has 4 saturated carbocycles. The number of carbonyl (C=O) groups excluding carboxylic acids is 5. The molecule has 0 radical (unpaired) electrons. The van der Waals surface area contributed by atoms with Crippen LogP contribution >= 0.6 is 0 Å². The van der Waals surface area contributed by atoms with Gasteiger partial charge in [-0.3, -0.25) is 24.0 Å². The second kappa shape index (κ2) is 14.9. The number of nitrogens with one attached hydrogen (secondary N) is 1. The summed E-state index contributed by atoms with van der Waals surface area (Å²) in [4.78, 5) is 64.6. The van der Waals surface area contributed by atoms with E-state index in [0.717, 1.165) is 52.9 Å². The van der Waals surface area contributed by atoms with E-state index in [2.05, 4.69) is 59.9 Å². The van der Waals surface area contributed by atoms with Gasteiger partial charge in [0.25, 0.3) is 0 Å². The third-order valence-corrected chi connectivity index (χ3v) is 16.4. The van der Waals surface area contributed by atoms with Crippen molar-refractivity contribution >= 4 is 29.8 Å². The van der Waals surface area contributed by atoms with Crippen LogP contribution in [-0.2, 0) is 47.7 Å². The molecule has 14 atom stereocenters. The summed E-state index contributed by atoms with van der Waals surface area (Å²) >= 11 is 0. The van der Waals surface area contributed by atoms with Crippen molar-refractivity contribution in [2.45, 2.75) is 177 Å². The number of carbonyl (C=O) groups is 5. The minimum absolute atomic E-state index is 0.00138. The summed E-state index contributed by atoms with van der Waals surface area (Å²) in [5.41, 5.74) is -0.993. The summed E-state index contributed by atoms with van der Waals surface area (Å²) in [7, 11) is 0. The predicted octanol–water partition coefficient (Wildman–Crippen LogP) is 5.32. The topological polar surface area (TPSA) is 184 Å². The lowest BCUT2D eigenvalue weighted by molar-refractivity contribution is -0.258. The van der Waals surface area contributed by atoms with E-state index in [4.69, 9.17) is 23.7 Å². The second-order valence-electron chi connectivity index (χ2n) is 20.4. The Morgan fingerprint density at radius 1 is 0.737 bits per heavy atom. The molecule has 0 aromatic rings. The molecule has 1 heterocycles. The number of aliphatic hydroxyl groups excluding tert-OH is 2. The number of rotatable bonds is 7. The van der Waals surface area contributed by atoms with Gasteiger partial charge < -0.3 is 39.2 Å². The highest BCUT2D eigenvalue weighted by Gasteiger charge is 2.71. The Balaban J connectivity index is 1.40. The zero-order valence-corrected chi connectivity index (χ0v) is 35.9. The monoisotopic (exact) mass is 801 g/mol. The molecule has 0 aromatic carbocycles. The van der Waals surface area contributed by atoms with E-state index in [1.54, 1.807) is 0 Å². The maximum absolute atomic E-state index is 15.3. The Morgan fingerprint density at radius 3 is 1.96 bits per heavy atom. The van der Waals surface area contributed by atoms with Crippen LogP contribution in [0.3, 0.4) is 0 Å². The van der Waals surface area contributed by atoms with Crippen molar-refractivity contribution in [2.24, 2.45) is 50.2 Å². The van der Waals surface area contributed by atoms with Crippen LogP contribution in [0.2, 0.25) is 0 Å². The molecule has 6 rings (SSSR count). The molecule has 57 heavy (non-hydrogen) atoms. The molecule has 5 fully saturated rings. The lowest BCUT2D eigenvalue weighted by Crippen LogP contribution is -2.71. The number of amides is 1. The van der Waals surface area contributed by atoms with Crippen molar-refractivity contribution in [3.63, 3.8) is 0 Å². The maximum Gasteiger partial charge on any atom is 0.303 e. The average molecular weight is 802 g/mol. The van der Waals surface area contributed by atoms with Crippen LogP contribution in [0, 0.1) is 50.2 Å². The van der Waals surface area contributed by atoms with Gasteiger partial charge in [-0.15, -0.1) is 0 Å². The third kappa shape index (κ3) is 7.13. The Morgan fingerprint density at radius 2 is 1.35 bits per heavy atom. The molecular formula is C44H67NO12. The van der Waals surface area contributed by atoms with Crippen molar-refractivity contribution < 1.29 is 57.9 Å². The van der Waals surface area contributed by atoms with Gasteiger partial charge >= 0.3 is 23.9 Å². The smallest absolute Gasteiger partial charge is 0.303 e. The van der Waals surface area contributed by atoms with E-state index in [1.165, 1.54) is 12.5 Å². The van der Waals surface area contributed by atoms with Gasteiger partial charge in [0.1, 0.15) is 12.7 Å². The van der Waals surface area contributed by atoms with E-state index in [-0.39, 0.29) is 33.7 Å². The number of esters is 4. The molecule has 13 heteroatoms. The van der Waals surface area contributed by atoms with E-state index >= 15 is 4.79 Å². The van der Waals surface area contributed by atoms with Crippen molar-refractivity contribution in [1.82, 2.24) is 5.32 Å². The summed E-state index contributed by atoms with van der Waals surface area (Å²) in [6.07, 6.45) is 0.698. The highest BCUT2D eigenvalue weighted by Crippen LogP contribution is 2.75. The number of hydrogen-bond donors (Lipinski definition) is 3. The van der Waals surface area contributed by atoms with Crippen LogP contribution < -0.4 is 5.32 Å². The number of fused-ring (bicyclic) bond motifs is 7. The first kappa shape index (κ1) is 43.5. The van der Waals surface area contributed by atoms with Crippen LogP contribution in [-0.4, -0.2) is 89.5 Å². The van der Waals surface area contributed by atoms with Crippen molar-refractivity contribution in [3.05, 3.63) is 11.6 Å². The third-order valence-electron chi connectivity index (χ3n) is 16.4. The van der Waals surface area contributed by atoms with Crippen LogP contribution in [0.1, 0.15) is 134 Å². The van der Waals surface area contributed by atoms with E-state index in [0.29, 0.717) is 37.5 Å². The summed E-state index contributed by atoms with van der Waals surface area (Å²) in [6, 6.07) is 0. The van der Waals surface area contributed by atoms with Crippen molar-refractivity contribution in [2.75, 3.05) is 6.61 Å². The van der Waals surface area contributed by atoms with Gasteiger partial charge in [-0.1, -0.05) is 60.1 Å². The first-order valence-electron chi connectivity index (χ1n) is 21.0. The Bertz CT molecular complexity index is 1670. The summed E-state index contributed by atoms with van der Waals surface area (Å²) in [5, 5.41) is 26.9.